The van der Waals surface area contributed by atoms with E-state index in [9.17, 15) is 24.3 Å². The minimum Gasteiger partial charge on any atom is -0.479 e. The fraction of sp³-hybridized carbons (Fsp3) is 0.136. The summed E-state index contributed by atoms with van der Waals surface area (Å²) in [4.78, 5) is 53.8. The van der Waals surface area contributed by atoms with E-state index in [-0.39, 0.29) is 5.56 Å². The van der Waals surface area contributed by atoms with Crippen molar-refractivity contribution in [2.45, 2.75) is 12.1 Å². The van der Waals surface area contributed by atoms with Crippen LogP contribution in [0.4, 0.5) is 0 Å². The lowest BCUT2D eigenvalue weighted by Gasteiger charge is -2.19. The predicted molar refractivity (Wildman–Crippen MR) is 113 cm³/mol. The average Bonchev–Trinajstić information content (AvgIpc) is 2.81. The quantitative estimate of drug-likeness (QED) is 0.343. The number of rotatable bonds is 8. The third kappa shape index (κ3) is 5.43. The first kappa shape index (κ1) is 22.4. The number of carboxylic acid groups (broad SMARTS) is 1. The molecule has 5 N–H and O–H groups in total. The Kier molecular flexibility index (Phi) is 7.09. The Labute approximate surface area is 182 Å². The molecule has 0 aliphatic carbocycles. The topological polar surface area (TPSA) is 161 Å². The van der Waals surface area contributed by atoms with E-state index in [0.29, 0.717) is 0 Å². The van der Waals surface area contributed by atoms with Gasteiger partial charge in [0.25, 0.3) is 17.4 Å². The van der Waals surface area contributed by atoms with Crippen LogP contribution in [0.2, 0.25) is 0 Å². The van der Waals surface area contributed by atoms with Crippen LogP contribution in [0.15, 0.2) is 71.7 Å². The largest absolute Gasteiger partial charge is 0.479 e. The SMILES string of the molecule is O=C(NCC(O)C(=O)O)c1ncc(C(=O)NC(c2ccccc2)c2ccccc2)c(=O)[nH]1. The van der Waals surface area contributed by atoms with Gasteiger partial charge in [-0.15, -0.1) is 0 Å². The molecule has 0 spiro atoms. The zero-order valence-electron chi connectivity index (χ0n) is 16.7. The standard InChI is InChI=1S/C22H20N4O6/c27-16(22(31)32)12-24-21(30)18-23-11-15(20(29)26-18)19(28)25-17(13-7-3-1-4-8-13)14-9-5-2-6-10-14/h1-11,16-17,27H,12H2,(H,24,30)(H,25,28)(H,31,32)(H,23,26,29). The van der Waals surface area contributed by atoms with Crippen molar-refractivity contribution >= 4 is 17.8 Å². The molecule has 0 aliphatic rings. The molecule has 2 amide bonds. The van der Waals surface area contributed by atoms with Gasteiger partial charge in [0, 0.05) is 6.20 Å². The number of amides is 2. The molecule has 3 aromatic rings. The average molecular weight is 436 g/mol. The molecule has 10 heteroatoms. The molecule has 1 atom stereocenters. The molecule has 0 fully saturated rings. The first-order valence-electron chi connectivity index (χ1n) is 9.56. The summed E-state index contributed by atoms with van der Waals surface area (Å²) < 4.78 is 0. The summed E-state index contributed by atoms with van der Waals surface area (Å²) in [5, 5.41) is 22.8. The van der Waals surface area contributed by atoms with Gasteiger partial charge in [0.2, 0.25) is 0 Å². The van der Waals surface area contributed by atoms with E-state index in [0.717, 1.165) is 17.3 Å². The molecule has 0 radical (unpaired) electrons. The number of H-pyrrole nitrogens is 1. The van der Waals surface area contributed by atoms with Gasteiger partial charge >= 0.3 is 5.97 Å². The molecule has 10 nitrogen and oxygen atoms in total. The zero-order chi connectivity index (χ0) is 23.1. The van der Waals surface area contributed by atoms with Crippen LogP contribution < -0.4 is 16.2 Å². The number of hydrogen-bond acceptors (Lipinski definition) is 6. The Morgan fingerprint density at radius 1 is 0.938 bits per heavy atom. The second-order valence-electron chi connectivity index (χ2n) is 6.77. The first-order valence-corrected chi connectivity index (χ1v) is 9.56. The Morgan fingerprint density at radius 2 is 1.50 bits per heavy atom. The molecule has 1 heterocycles. The van der Waals surface area contributed by atoms with Crippen LogP contribution in [-0.4, -0.2) is 50.6 Å². The zero-order valence-corrected chi connectivity index (χ0v) is 16.7. The predicted octanol–water partition coefficient (Wildman–Crippen LogP) is 0.465. The molecular weight excluding hydrogens is 416 g/mol. The summed E-state index contributed by atoms with van der Waals surface area (Å²) in [6, 6.07) is 17.9. The molecular formula is C22H20N4O6. The number of carbonyl (C=O) groups excluding carboxylic acids is 2. The lowest BCUT2D eigenvalue weighted by molar-refractivity contribution is -0.146. The third-order valence-electron chi connectivity index (χ3n) is 4.54. The Balaban J connectivity index is 1.78. The monoisotopic (exact) mass is 436 g/mol. The highest BCUT2D eigenvalue weighted by Gasteiger charge is 2.21. The Morgan fingerprint density at radius 3 is 2.00 bits per heavy atom. The van der Waals surface area contributed by atoms with Gasteiger partial charge in [0.05, 0.1) is 12.6 Å². The smallest absolute Gasteiger partial charge is 0.334 e. The third-order valence-corrected chi connectivity index (χ3v) is 4.54. The van der Waals surface area contributed by atoms with Crippen molar-refractivity contribution in [2.24, 2.45) is 0 Å². The lowest BCUT2D eigenvalue weighted by Crippen LogP contribution is -2.38. The molecule has 0 saturated carbocycles. The number of carbonyl (C=O) groups is 3. The number of nitrogens with zero attached hydrogens (tertiary/aromatic N) is 1. The highest BCUT2D eigenvalue weighted by Crippen LogP contribution is 2.22. The molecule has 0 aliphatic heterocycles. The van der Waals surface area contributed by atoms with Gasteiger partial charge in [-0.3, -0.25) is 14.4 Å². The fourth-order valence-electron chi connectivity index (χ4n) is 2.89. The lowest BCUT2D eigenvalue weighted by atomic mass is 9.98. The molecule has 164 valence electrons. The van der Waals surface area contributed by atoms with Crippen molar-refractivity contribution in [1.82, 2.24) is 20.6 Å². The van der Waals surface area contributed by atoms with Crippen molar-refractivity contribution in [3.05, 3.63) is 99.7 Å². The van der Waals surface area contributed by atoms with Crippen LogP contribution in [0.3, 0.4) is 0 Å². The van der Waals surface area contributed by atoms with Gasteiger partial charge in [-0.25, -0.2) is 9.78 Å². The normalized spacial score (nSPS) is 11.6. The van der Waals surface area contributed by atoms with Gasteiger partial charge in [-0.2, -0.15) is 0 Å². The van der Waals surface area contributed by atoms with E-state index in [2.05, 4.69) is 20.6 Å². The van der Waals surface area contributed by atoms with E-state index in [1.165, 1.54) is 0 Å². The van der Waals surface area contributed by atoms with Crippen LogP contribution in [0.5, 0.6) is 0 Å². The number of carboxylic acids is 1. The second kappa shape index (κ2) is 10.1. The van der Waals surface area contributed by atoms with Crippen LogP contribution in [0.25, 0.3) is 0 Å². The summed E-state index contributed by atoms with van der Waals surface area (Å²) in [5.74, 6) is -3.53. The maximum atomic E-state index is 12.8. The van der Waals surface area contributed by atoms with Gasteiger partial charge in [-0.05, 0) is 11.1 Å². The van der Waals surface area contributed by atoms with Crippen LogP contribution in [-0.2, 0) is 4.79 Å². The van der Waals surface area contributed by atoms with Gasteiger partial charge < -0.3 is 25.8 Å². The molecule has 0 bridgehead atoms. The minimum atomic E-state index is -1.80. The van der Waals surface area contributed by atoms with Crippen molar-refractivity contribution < 1.29 is 24.6 Å². The minimum absolute atomic E-state index is 0.302. The van der Waals surface area contributed by atoms with Crippen molar-refractivity contribution in [2.75, 3.05) is 6.54 Å². The summed E-state index contributed by atoms with van der Waals surface area (Å²) in [6.45, 7) is -0.573. The number of benzene rings is 2. The fourth-order valence-corrected chi connectivity index (χ4v) is 2.89. The summed E-state index contributed by atoms with van der Waals surface area (Å²) >= 11 is 0. The Bertz CT molecular complexity index is 1120. The van der Waals surface area contributed by atoms with Gasteiger partial charge in [-0.1, -0.05) is 60.7 Å². The molecule has 2 aromatic carbocycles. The van der Waals surface area contributed by atoms with Crippen LogP contribution in [0, 0.1) is 0 Å². The number of aliphatic hydroxyl groups is 1. The number of nitrogens with one attached hydrogen (secondary N) is 3. The highest BCUT2D eigenvalue weighted by atomic mass is 16.4. The summed E-state index contributed by atoms with van der Waals surface area (Å²) in [5.41, 5.74) is 0.471. The van der Waals surface area contributed by atoms with Crippen LogP contribution >= 0.6 is 0 Å². The molecule has 3 rings (SSSR count). The highest BCUT2D eigenvalue weighted by molar-refractivity contribution is 5.95. The van der Waals surface area contributed by atoms with Gasteiger partial charge in [0.1, 0.15) is 5.56 Å². The van der Waals surface area contributed by atoms with Crippen LogP contribution in [0.1, 0.15) is 38.1 Å². The first-order chi connectivity index (χ1) is 15.4. The van der Waals surface area contributed by atoms with Crippen molar-refractivity contribution in [3.8, 4) is 0 Å². The van der Waals surface area contributed by atoms with Crippen molar-refractivity contribution in [1.29, 1.82) is 0 Å². The molecule has 0 saturated heterocycles. The molecule has 1 unspecified atom stereocenters. The maximum Gasteiger partial charge on any atom is 0.334 e. The number of aliphatic hydroxyl groups excluding tert-OH is 1. The van der Waals surface area contributed by atoms with Crippen molar-refractivity contribution in [3.63, 3.8) is 0 Å². The van der Waals surface area contributed by atoms with E-state index < -0.39 is 47.9 Å². The van der Waals surface area contributed by atoms with E-state index in [1.54, 1.807) is 0 Å². The molecule has 1 aromatic heterocycles. The maximum absolute atomic E-state index is 12.8. The molecule has 32 heavy (non-hydrogen) atoms. The Hall–Kier alpha value is -4.31. The van der Waals surface area contributed by atoms with E-state index in [1.807, 2.05) is 60.7 Å². The second-order valence-corrected chi connectivity index (χ2v) is 6.77. The van der Waals surface area contributed by atoms with Gasteiger partial charge in [0.15, 0.2) is 11.9 Å². The number of aromatic nitrogens is 2. The summed E-state index contributed by atoms with van der Waals surface area (Å²) in [6.07, 6.45) is -0.840. The number of aliphatic carboxylic acids is 1. The number of hydrogen-bond donors (Lipinski definition) is 5. The summed E-state index contributed by atoms with van der Waals surface area (Å²) in [7, 11) is 0. The van der Waals surface area contributed by atoms with E-state index >= 15 is 0 Å². The van der Waals surface area contributed by atoms with E-state index in [4.69, 9.17) is 5.11 Å². The number of aromatic amines is 1.